The van der Waals surface area contributed by atoms with Crippen LogP contribution in [-0.4, -0.2) is 28.4 Å². The Bertz CT molecular complexity index is 737. The minimum absolute atomic E-state index is 0.0590. The molecule has 0 amide bonds. The number of hydrogen-bond acceptors (Lipinski definition) is 5. The molecule has 140 valence electrons. The summed E-state index contributed by atoms with van der Waals surface area (Å²) in [6, 6.07) is 7.68. The Morgan fingerprint density at radius 2 is 1.92 bits per heavy atom. The summed E-state index contributed by atoms with van der Waals surface area (Å²) in [6.45, 7) is 6.49. The van der Waals surface area contributed by atoms with Gasteiger partial charge in [0.1, 0.15) is 16.5 Å². The molecule has 0 aliphatic carbocycles. The second-order valence-corrected chi connectivity index (χ2v) is 7.54. The van der Waals surface area contributed by atoms with Crippen molar-refractivity contribution >= 4 is 23.1 Å². The number of carboxylic acid groups (broad SMARTS) is 1. The van der Waals surface area contributed by atoms with Crippen LogP contribution in [0, 0.1) is 11.8 Å². The standard InChI is InChI=1S/C20H25NO4S/c1-4-25-18-7-5-14(6-8-18)19-21-16(12-26-19)11-17(22)10-15(20(23)24)9-13(2)3/h5-8,12-13,15H,4,9-11H2,1-3H3,(H,23,24)/t15-/m1/s1. The van der Waals surface area contributed by atoms with Gasteiger partial charge < -0.3 is 9.84 Å². The Morgan fingerprint density at radius 3 is 2.50 bits per heavy atom. The third-order valence-corrected chi connectivity index (χ3v) is 4.86. The molecule has 0 bridgehead atoms. The maximum atomic E-state index is 12.3. The number of aliphatic carboxylic acids is 1. The Morgan fingerprint density at radius 1 is 1.23 bits per heavy atom. The molecule has 1 heterocycles. The van der Waals surface area contributed by atoms with Gasteiger partial charge in [0.2, 0.25) is 0 Å². The second-order valence-electron chi connectivity index (χ2n) is 6.69. The third-order valence-electron chi connectivity index (χ3n) is 3.92. The number of hydrogen-bond donors (Lipinski definition) is 1. The van der Waals surface area contributed by atoms with Gasteiger partial charge in [0.15, 0.2) is 0 Å². The smallest absolute Gasteiger partial charge is 0.306 e. The molecule has 1 aromatic heterocycles. The number of nitrogens with zero attached hydrogens (tertiary/aromatic N) is 1. The minimum Gasteiger partial charge on any atom is -0.494 e. The lowest BCUT2D eigenvalue weighted by atomic mass is 9.91. The van der Waals surface area contributed by atoms with Crippen LogP contribution >= 0.6 is 11.3 Å². The van der Waals surface area contributed by atoms with Gasteiger partial charge in [0.25, 0.3) is 0 Å². The van der Waals surface area contributed by atoms with Gasteiger partial charge in [-0.3, -0.25) is 9.59 Å². The summed E-state index contributed by atoms with van der Waals surface area (Å²) in [5.41, 5.74) is 1.66. The van der Waals surface area contributed by atoms with E-state index in [1.54, 1.807) is 0 Å². The van der Waals surface area contributed by atoms with Gasteiger partial charge in [0.05, 0.1) is 18.2 Å². The number of thiazole rings is 1. The highest BCUT2D eigenvalue weighted by Crippen LogP contribution is 2.26. The summed E-state index contributed by atoms with van der Waals surface area (Å²) >= 11 is 1.48. The minimum atomic E-state index is -0.902. The Balaban J connectivity index is 1.98. The number of rotatable bonds is 10. The van der Waals surface area contributed by atoms with Crippen LogP contribution in [0.5, 0.6) is 5.75 Å². The average Bonchev–Trinajstić information content (AvgIpc) is 3.03. The molecule has 1 atom stereocenters. The summed E-state index contributed by atoms with van der Waals surface area (Å²) in [5.74, 6) is -0.545. The Labute approximate surface area is 158 Å². The summed E-state index contributed by atoms with van der Waals surface area (Å²) in [7, 11) is 0. The molecular weight excluding hydrogens is 350 g/mol. The first-order valence-electron chi connectivity index (χ1n) is 8.81. The molecule has 1 N–H and O–H groups in total. The van der Waals surface area contributed by atoms with Crippen LogP contribution in [0.2, 0.25) is 0 Å². The zero-order valence-electron chi connectivity index (χ0n) is 15.4. The van der Waals surface area contributed by atoms with Crippen molar-refractivity contribution in [2.45, 2.75) is 40.0 Å². The van der Waals surface area contributed by atoms with E-state index in [1.807, 2.05) is 50.4 Å². The van der Waals surface area contributed by atoms with Crippen molar-refractivity contribution in [2.24, 2.45) is 11.8 Å². The molecule has 2 rings (SSSR count). The predicted molar refractivity (Wildman–Crippen MR) is 103 cm³/mol. The van der Waals surface area contributed by atoms with Gasteiger partial charge in [-0.1, -0.05) is 13.8 Å². The van der Waals surface area contributed by atoms with Crippen LogP contribution < -0.4 is 4.74 Å². The molecule has 26 heavy (non-hydrogen) atoms. The molecule has 1 aromatic carbocycles. The molecule has 0 saturated heterocycles. The van der Waals surface area contributed by atoms with Gasteiger partial charge in [-0.05, 0) is 43.5 Å². The van der Waals surface area contributed by atoms with E-state index in [0.29, 0.717) is 18.7 Å². The number of Topliss-reactive ketones (excluding diaryl/α,β-unsaturated/α-hetero) is 1. The number of aromatic nitrogens is 1. The highest BCUT2D eigenvalue weighted by molar-refractivity contribution is 7.13. The molecule has 5 nitrogen and oxygen atoms in total. The fraction of sp³-hybridized carbons (Fsp3) is 0.450. The van der Waals surface area contributed by atoms with Crippen molar-refractivity contribution in [3.63, 3.8) is 0 Å². The van der Waals surface area contributed by atoms with Crippen LogP contribution in [0.15, 0.2) is 29.6 Å². The van der Waals surface area contributed by atoms with Crippen molar-refractivity contribution in [2.75, 3.05) is 6.61 Å². The van der Waals surface area contributed by atoms with Gasteiger partial charge in [0, 0.05) is 23.8 Å². The van der Waals surface area contributed by atoms with E-state index < -0.39 is 11.9 Å². The number of carbonyl (C=O) groups excluding carboxylic acids is 1. The lowest BCUT2D eigenvalue weighted by molar-refractivity contribution is -0.144. The predicted octanol–water partition coefficient (Wildman–Crippen LogP) is 4.46. The monoisotopic (exact) mass is 375 g/mol. The summed E-state index contributed by atoms with van der Waals surface area (Å²) in [5, 5.41) is 12.0. The van der Waals surface area contributed by atoms with Crippen LogP contribution in [0.1, 0.15) is 39.3 Å². The second kappa shape index (κ2) is 9.48. The SMILES string of the molecule is CCOc1ccc(-c2nc(CC(=O)C[C@@H](CC(C)C)C(=O)O)cs2)cc1. The maximum absolute atomic E-state index is 12.3. The lowest BCUT2D eigenvalue weighted by Gasteiger charge is -2.13. The van der Waals surface area contributed by atoms with Crippen molar-refractivity contribution < 1.29 is 19.4 Å². The first kappa shape index (κ1) is 20.1. The zero-order chi connectivity index (χ0) is 19.1. The average molecular weight is 375 g/mol. The van der Waals surface area contributed by atoms with E-state index in [9.17, 15) is 14.7 Å². The van der Waals surface area contributed by atoms with Crippen LogP contribution in [0.3, 0.4) is 0 Å². The molecule has 2 aromatic rings. The highest BCUT2D eigenvalue weighted by atomic mass is 32.1. The maximum Gasteiger partial charge on any atom is 0.306 e. The number of carboxylic acids is 1. The molecule has 0 radical (unpaired) electrons. The molecule has 0 aliphatic rings. The molecule has 0 unspecified atom stereocenters. The van der Waals surface area contributed by atoms with E-state index in [1.165, 1.54) is 11.3 Å². The van der Waals surface area contributed by atoms with E-state index in [2.05, 4.69) is 4.98 Å². The summed E-state index contributed by atoms with van der Waals surface area (Å²) in [6.07, 6.45) is 0.744. The third kappa shape index (κ3) is 5.95. The van der Waals surface area contributed by atoms with E-state index >= 15 is 0 Å². The summed E-state index contributed by atoms with van der Waals surface area (Å²) < 4.78 is 5.43. The van der Waals surface area contributed by atoms with Gasteiger partial charge >= 0.3 is 5.97 Å². The largest absolute Gasteiger partial charge is 0.494 e. The van der Waals surface area contributed by atoms with Crippen molar-refractivity contribution in [3.05, 3.63) is 35.3 Å². The van der Waals surface area contributed by atoms with E-state index in [4.69, 9.17) is 4.74 Å². The van der Waals surface area contributed by atoms with Crippen molar-refractivity contribution in [1.29, 1.82) is 0 Å². The molecule has 0 aliphatic heterocycles. The van der Waals surface area contributed by atoms with Crippen molar-refractivity contribution in [1.82, 2.24) is 4.98 Å². The first-order chi connectivity index (χ1) is 12.4. The van der Waals surface area contributed by atoms with Crippen LogP contribution in [0.4, 0.5) is 0 Å². The molecular formula is C20H25NO4S. The lowest BCUT2D eigenvalue weighted by Crippen LogP contribution is -2.20. The number of carbonyl (C=O) groups is 2. The van der Waals surface area contributed by atoms with Crippen LogP contribution in [-0.2, 0) is 16.0 Å². The van der Waals surface area contributed by atoms with Gasteiger partial charge in [-0.25, -0.2) is 4.98 Å². The normalized spacial score (nSPS) is 12.2. The van der Waals surface area contributed by atoms with Crippen LogP contribution in [0.25, 0.3) is 10.6 Å². The molecule has 0 spiro atoms. The fourth-order valence-electron chi connectivity index (χ4n) is 2.77. The molecule has 6 heteroatoms. The molecule has 0 saturated carbocycles. The van der Waals surface area contributed by atoms with Crippen molar-refractivity contribution in [3.8, 4) is 16.3 Å². The highest BCUT2D eigenvalue weighted by Gasteiger charge is 2.22. The number of ketones is 1. The van der Waals surface area contributed by atoms with Gasteiger partial charge in [-0.2, -0.15) is 0 Å². The Kier molecular flexibility index (Phi) is 7.33. The zero-order valence-corrected chi connectivity index (χ0v) is 16.2. The van der Waals surface area contributed by atoms with E-state index in [-0.39, 0.29) is 24.5 Å². The molecule has 0 fully saturated rings. The Hall–Kier alpha value is -2.21. The number of ether oxygens (including phenoxy) is 1. The number of benzene rings is 1. The van der Waals surface area contributed by atoms with Gasteiger partial charge in [-0.15, -0.1) is 11.3 Å². The first-order valence-corrected chi connectivity index (χ1v) is 9.69. The fourth-order valence-corrected chi connectivity index (χ4v) is 3.60. The topological polar surface area (TPSA) is 76.5 Å². The summed E-state index contributed by atoms with van der Waals surface area (Å²) in [4.78, 5) is 28.1. The van der Waals surface area contributed by atoms with E-state index in [0.717, 1.165) is 16.3 Å². The quantitative estimate of drug-likeness (QED) is 0.663.